The number of amides is 2. The molecule has 0 saturated heterocycles. The molecular formula is C16H18F6N2O2. The lowest BCUT2D eigenvalue weighted by atomic mass is 10.0. The molecule has 0 aliphatic rings. The van der Waals surface area contributed by atoms with E-state index >= 15 is 0 Å². The summed E-state index contributed by atoms with van der Waals surface area (Å²) in [6, 6.07) is 0.404. The third kappa shape index (κ3) is 5.92. The molecule has 0 aliphatic heterocycles. The van der Waals surface area contributed by atoms with Gasteiger partial charge in [-0.2, -0.15) is 26.3 Å². The third-order valence-electron chi connectivity index (χ3n) is 3.29. The Hall–Kier alpha value is -2.26. The van der Waals surface area contributed by atoms with E-state index in [-0.39, 0.29) is 18.7 Å². The van der Waals surface area contributed by atoms with Gasteiger partial charge in [0.15, 0.2) is 0 Å². The van der Waals surface area contributed by atoms with Crippen LogP contribution in [0, 0.1) is 0 Å². The number of nitrogens with zero attached hydrogens (tertiary/aromatic N) is 1. The van der Waals surface area contributed by atoms with Gasteiger partial charge < -0.3 is 10.2 Å². The van der Waals surface area contributed by atoms with Crippen LogP contribution in [0.3, 0.4) is 0 Å². The van der Waals surface area contributed by atoms with E-state index in [1.54, 1.807) is 13.8 Å². The van der Waals surface area contributed by atoms with Crippen LogP contribution in [0.2, 0.25) is 0 Å². The highest BCUT2D eigenvalue weighted by Gasteiger charge is 2.38. The number of halogens is 6. The van der Waals surface area contributed by atoms with Crippen molar-refractivity contribution in [2.24, 2.45) is 0 Å². The Kier molecular flexibility index (Phi) is 6.67. The number of hydrogen-bond donors (Lipinski definition) is 1. The first-order chi connectivity index (χ1) is 11.8. The van der Waals surface area contributed by atoms with Crippen LogP contribution in [0.5, 0.6) is 0 Å². The molecule has 2 amide bonds. The number of nitrogens with one attached hydrogen (secondary N) is 1. The van der Waals surface area contributed by atoms with Gasteiger partial charge in [0.2, 0.25) is 5.91 Å². The van der Waals surface area contributed by atoms with Crippen LogP contribution >= 0.6 is 0 Å². The fraction of sp³-hybridized carbons (Fsp3) is 0.500. The van der Waals surface area contributed by atoms with Gasteiger partial charge in [-0.1, -0.05) is 0 Å². The zero-order valence-corrected chi connectivity index (χ0v) is 14.3. The van der Waals surface area contributed by atoms with Crippen LogP contribution in [0.25, 0.3) is 0 Å². The maximum atomic E-state index is 12.9. The lowest BCUT2D eigenvalue weighted by Gasteiger charge is -2.22. The van der Waals surface area contributed by atoms with Gasteiger partial charge in [0.05, 0.1) is 17.7 Å². The Bertz CT molecular complexity index is 635. The molecular weight excluding hydrogens is 366 g/mol. The molecule has 0 aromatic heterocycles. The van der Waals surface area contributed by atoms with Gasteiger partial charge in [0, 0.05) is 18.2 Å². The van der Waals surface area contributed by atoms with Crippen molar-refractivity contribution in [3.05, 3.63) is 34.9 Å². The highest BCUT2D eigenvalue weighted by atomic mass is 19.4. The zero-order chi connectivity index (χ0) is 20.3. The average Bonchev–Trinajstić information content (AvgIpc) is 2.49. The summed E-state index contributed by atoms with van der Waals surface area (Å²) in [4.78, 5) is 25.0. The SMILES string of the molecule is CCN(CC(=O)NC(C)C)C(=O)c1cc(C(F)(F)F)cc(C(F)(F)F)c1. The Morgan fingerprint density at radius 1 is 1.00 bits per heavy atom. The first kappa shape index (κ1) is 21.8. The monoisotopic (exact) mass is 384 g/mol. The van der Waals surface area contributed by atoms with Gasteiger partial charge in [-0.05, 0) is 39.0 Å². The van der Waals surface area contributed by atoms with Crippen molar-refractivity contribution in [1.29, 1.82) is 0 Å². The quantitative estimate of drug-likeness (QED) is 0.787. The first-order valence-corrected chi connectivity index (χ1v) is 7.63. The molecule has 0 unspecified atom stereocenters. The number of likely N-dealkylation sites (N-methyl/N-ethyl adjacent to an activating group) is 1. The van der Waals surface area contributed by atoms with E-state index in [2.05, 4.69) is 5.32 Å². The largest absolute Gasteiger partial charge is 0.416 e. The molecule has 4 nitrogen and oxygen atoms in total. The predicted molar refractivity (Wildman–Crippen MR) is 81.3 cm³/mol. The molecule has 0 aliphatic carbocycles. The van der Waals surface area contributed by atoms with Crippen molar-refractivity contribution in [2.75, 3.05) is 13.1 Å². The Morgan fingerprint density at radius 2 is 1.46 bits per heavy atom. The van der Waals surface area contributed by atoms with E-state index in [1.807, 2.05) is 0 Å². The number of rotatable bonds is 5. The van der Waals surface area contributed by atoms with E-state index < -0.39 is 47.4 Å². The van der Waals surface area contributed by atoms with Crippen molar-refractivity contribution < 1.29 is 35.9 Å². The summed E-state index contributed by atoms with van der Waals surface area (Å²) in [6.07, 6.45) is -10.1. The van der Waals surface area contributed by atoms with Crippen molar-refractivity contribution in [3.8, 4) is 0 Å². The van der Waals surface area contributed by atoms with Crippen LogP contribution in [-0.4, -0.2) is 35.8 Å². The van der Waals surface area contributed by atoms with E-state index in [0.29, 0.717) is 12.1 Å². The molecule has 0 radical (unpaired) electrons. The minimum absolute atomic E-state index is 0.0570. The number of carbonyl (C=O) groups is 2. The standard InChI is InChI=1S/C16H18F6N2O2/c1-4-24(8-13(25)23-9(2)3)14(26)10-5-11(15(17,18)19)7-12(6-10)16(20,21)22/h5-7,9H,4,8H2,1-3H3,(H,23,25). The number of alkyl halides is 6. The maximum Gasteiger partial charge on any atom is 0.416 e. The highest BCUT2D eigenvalue weighted by Crippen LogP contribution is 2.36. The summed E-state index contributed by atoms with van der Waals surface area (Å²) in [6.45, 7) is 4.24. The summed E-state index contributed by atoms with van der Waals surface area (Å²) in [5, 5.41) is 2.49. The van der Waals surface area contributed by atoms with Gasteiger partial charge in [-0.15, -0.1) is 0 Å². The lowest BCUT2D eigenvalue weighted by molar-refractivity contribution is -0.143. The van der Waals surface area contributed by atoms with Crippen LogP contribution in [0.4, 0.5) is 26.3 Å². The topological polar surface area (TPSA) is 49.4 Å². The minimum Gasteiger partial charge on any atom is -0.352 e. The molecule has 10 heteroatoms. The van der Waals surface area contributed by atoms with Gasteiger partial charge in [0.25, 0.3) is 5.91 Å². The van der Waals surface area contributed by atoms with E-state index in [4.69, 9.17) is 0 Å². The second-order valence-electron chi connectivity index (χ2n) is 5.84. The van der Waals surface area contributed by atoms with Gasteiger partial charge in [0.1, 0.15) is 0 Å². The first-order valence-electron chi connectivity index (χ1n) is 7.63. The normalized spacial score (nSPS) is 12.2. The van der Waals surface area contributed by atoms with Gasteiger partial charge in [-0.3, -0.25) is 9.59 Å². The number of benzene rings is 1. The van der Waals surface area contributed by atoms with Crippen molar-refractivity contribution >= 4 is 11.8 Å². The molecule has 0 heterocycles. The van der Waals surface area contributed by atoms with Crippen LogP contribution < -0.4 is 5.32 Å². The molecule has 0 saturated carbocycles. The minimum atomic E-state index is -5.05. The molecule has 1 aromatic carbocycles. The van der Waals surface area contributed by atoms with Crippen molar-refractivity contribution in [2.45, 2.75) is 39.2 Å². The summed E-state index contributed by atoms with van der Waals surface area (Å²) in [7, 11) is 0. The van der Waals surface area contributed by atoms with Crippen LogP contribution in [0.15, 0.2) is 18.2 Å². The molecule has 0 bridgehead atoms. The second kappa shape index (κ2) is 7.96. The average molecular weight is 384 g/mol. The molecule has 0 spiro atoms. The smallest absolute Gasteiger partial charge is 0.352 e. The summed E-state index contributed by atoms with van der Waals surface area (Å²) in [5.41, 5.74) is -3.96. The summed E-state index contributed by atoms with van der Waals surface area (Å²) < 4.78 is 77.3. The Labute approximate surface area is 146 Å². The zero-order valence-electron chi connectivity index (χ0n) is 14.3. The van der Waals surface area contributed by atoms with E-state index in [9.17, 15) is 35.9 Å². The molecule has 1 rings (SSSR count). The fourth-order valence-corrected chi connectivity index (χ4v) is 2.13. The van der Waals surface area contributed by atoms with Crippen molar-refractivity contribution in [3.63, 3.8) is 0 Å². The lowest BCUT2D eigenvalue weighted by Crippen LogP contribution is -2.42. The van der Waals surface area contributed by atoms with Gasteiger partial charge in [-0.25, -0.2) is 0 Å². The fourth-order valence-electron chi connectivity index (χ4n) is 2.13. The Morgan fingerprint density at radius 3 is 1.81 bits per heavy atom. The van der Waals surface area contributed by atoms with E-state index in [1.165, 1.54) is 6.92 Å². The Balaban J connectivity index is 3.26. The molecule has 1 aromatic rings. The molecule has 0 atom stereocenters. The van der Waals surface area contributed by atoms with E-state index in [0.717, 1.165) is 4.90 Å². The predicted octanol–water partition coefficient (Wildman–Crippen LogP) is 3.71. The van der Waals surface area contributed by atoms with Crippen molar-refractivity contribution in [1.82, 2.24) is 10.2 Å². The number of carbonyl (C=O) groups excluding carboxylic acids is 2. The molecule has 26 heavy (non-hydrogen) atoms. The third-order valence-corrected chi connectivity index (χ3v) is 3.29. The maximum absolute atomic E-state index is 12.9. The highest BCUT2D eigenvalue weighted by molar-refractivity contribution is 5.97. The summed E-state index contributed by atoms with van der Waals surface area (Å²) in [5.74, 6) is -1.67. The number of hydrogen-bond acceptors (Lipinski definition) is 2. The van der Waals surface area contributed by atoms with Crippen LogP contribution in [-0.2, 0) is 17.1 Å². The van der Waals surface area contributed by atoms with Gasteiger partial charge >= 0.3 is 12.4 Å². The summed E-state index contributed by atoms with van der Waals surface area (Å²) >= 11 is 0. The molecule has 146 valence electrons. The van der Waals surface area contributed by atoms with Crippen LogP contribution in [0.1, 0.15) is 42.3 Å². The molecule has 0 fully saturated rings. The molecule has 1 N–H and O–H groups in total. The second-order valence-corrected chi connectivity index (χ2v) is 5.84.